The Morgan fingerprint density at radius 3 is 2.55 bits per heavy atom. The molecule has 3 amide bonds. The van der Waals surface area contributed by atoms with Crippen LogP contribution < -0.4 is 16.1 Å². The van der Waals surface area contributed by atoms with Crippen LogP contribution in [0.3, 0.4) is 0 Å². The zero-order valence-electron chi connectivity index (χ0n) is 23.6. The smallest absolute Gasteiger partial charge is 0.325 e. The van der Waals surface area contributed by atoms with E-state index in [1.807, 2.05) is 38.1 Å². The molecule has 10 heteroatoms. The second-order valence-corrected chi connectivity index (χ2v) is 10.3. The monoisotopic (exact) mass is 549 g/mol. The summed E-state index contributed by atoms with van der Waals surface area (Å²) < 4.78 is 5.76. The Morgan fingerprint density at radius 1 is 1.12 bits per heavy atom. The third kappa shape index (κ3) is 7.75. The first-order valence-electron chi connectivity index (χ1n) is 13.5. The standard InChI is InChI=1S/C30H39N5O5/c1-7-10-26(36)33-27(18(3)4)28(37)32-19(5)29(38)35-14-9-11-25(34-35)30(39)40-20(6)21-12-13-22-17-31-24(8-2)16-23(22)15-21/h7-8,12-13,15-20,25,27,34H,1-2,9-11,14H2,3-6H3,(H,32,37)(H,33,36)/t19?,20-,25+,27?/m1/s1. The molecular formula is C30H39N5O5. The summed E-state index contributed by atoms with van der Waals surface area (Å²) in [5, 5.41) is 8.66. The summed E-state index contributed by atoms with van der Waals surface area (Å²) in [6, 6.07) is 5.33. The number of benzene rings is 1. The quantitative estimate of drug-likeness (QED) is 0.290. The Kier molecular flexibility index (Phi) is 10.6. The van der Waals surface area contributed by atoms with E-state index in [0.717, 1.165) is 22.0 Å². The second-order valence-electron chi connectivity index (χ2n) is 10.3. The summed E-state index contributed by atoms with van der Waals surface area (Å²) in [6.07, 6.45) is 5.59. The first-order chi connectivity index (χ1) is 19.0. The number of esters is 1. The molecule has 2 heterocycles. The van der Waals surface area contributed by atoms with Gasteiger partial charge < -0.3 is 15.4 Å². The molecule has 2 unspecified atom stereocenters. The third-order valence-electron chi connectivity index (χ3n) is 6.80. The molecule has 214 valence electrons. The molecule has 0 radical (unpaired) electrons. The van der Waals surface area contributed by atoms with Crippen LogP contribution in [0.5, 0.6) is 0 Å². The molecule has 1 aromatic carbocycles. The zero-order valence-corrected chi connectivity index (χ0v) is 23.6. The molecule has 40 heavy (non-hydrogen) atoms. The van der Waals surface area contributed by atoms with Gasteiger partial charge in [-0.2, -0.15) is 0 Å². The van der Waals surface area contributed by atoms with E-state index in [1.54, 1.807) is 26.1 Å². The van der Waals surface area contributed by atoms with E-state index in [1.165, 1.54) is 11.1 Å². The SMILES string of the molecule is C=CCC(=O)NC(C(=O)NC(C)C(=O)N1CCC[C@@H](C(=O)O[C@H](C)c2ccc3cnc(C=C)cc3c2)N1)C(C)C. The highest BCUT2D eigenvalue weighted by Crippen LogP contribution is 2.24. The summed E-state index contributed by atoms with van der Waals surface area (Å²) in [4.78, 5) is 55.3. The second kappa shape index (κ2) is 13.8. The molecule has 0 spiro atoms. The number of hydrogen-bond acceptors (Lipinski definition) is 7. The lowest BCUT2D eigenvalue weighted by Gasteiger charge is -2.35. The number of ether oxygens (including phenoxy) is 1. The van der Waals surface area contributed by atoms with Crippen LogP contribution in [0.15, 0.2) is 49.7 Å². The number of carbonyl (C=O) groups is 4. The number of pyridine rings is 1. The summed E-state index contributed by atoms with van der Waals surface area (Å²) in [5.74, 6) is -1.82. The van der Waals surface area contributed by atoms with E-state index >= 15 is 0 Å². The van der Waals surface area contributed by atoms with Crippen molar-refractivity contribution in [1.29, 1.82) is 0 Å². The largest absolute Gasteiger partial charge is 0.457 e. The molecule has 1 aliphatic heterocycles. The van der Waals surface area contributed by atoms with Gasteiger partial charge in [0.25, 0.3) is 5.91 Å². The number of aromatic nitrogens is 1. The van der Waals surface area contributed by atoms with Crippen LogP contribution in [0.4, 0.5) is 0 Å². The predicted molar refractivity (Wildman–Crippen MR) is 153 cm³/mol. The van der Waals surface area contributed by atoms with Gasteiger partial charge in [-0.25, -0.2) is 5.43 Å². The van der Waals surface area contributed by atoms with Gasteiger partial charge in [0.1, 0.15) is 24.2 Å². The van der Waals surface area contributed by atoms with Crippen LogP contribution in [-0.2, 0) is 23.9 Å². The molecule has 1 fully saturated rings. The molecule has 2 aromatic rings. The lowest BCUT2D eigenvalue weighted by Crippen LogP contribution is -2.61. The van der Waals surface area contributed by atoms with E-state index < -0.39 is 36.1 Å². The lowest BCUT2D eigenvalue weighted by molar-refractivity contribution is -0.157. The average molecular weight is 550 g/mol. The summed E-state index contributed by atoms with van der Waals surface area (Å²) in [7, 11) is 0. The molecule has 1 saturated heterocycles. The molecule has 1 aliphatic rings. The van der Waals surface area contributed by atoms with E-state index in [4.69, 9.17) is 4.74 Å². The third-order valence-corrected chi connectivity index (χ3v) is 6.80. The van der Waals surface area contributed by atoms with Crippen molar-refractivity contribution >= 4 is 40.5 Å². The van der Waals surface area contributed by atoms with Crippen LogP contribution in [0, 0.1) is 5.92 Å². The average Bonchev–Trinajstić information content (AvgIpc) is 2.94. The number of nitrogens with one attached hydrogen (secondary N) is 3. The van der Waals surface area contributed by atoms with E-state index in [-0.39, 0.29) is 24.2 Å². The van der Waals surface area contributed by atoms with Crippen molar-refractivity contribution in [1.82, 2.24) is 26.1 Å². The Bertz CT molecular complexity index is 1280. The fourth-order valence-electron chi connectivity index (χ4n) is 4.48. The van der Waals surface area contributed by atoms with Crippen molar-refractivity contribution in [2.75, 3.05) is 6.54 Å². The van der Waals surface area contributed by atoms with Gasteiger partial charge in [-0.1, -0.05) is 38.6 Å². The maximum absolute atomic E-state index is 13.1. The van der Waals surface area contributed by atoms with Gasteiger partial charge in [-0.05, 0) is 61.8 Å². The van der Waals surface area contributed by atoms with Crippen LogP contribution in [0.2, 0.25) is 0 Å². The zero-order chi connectivity index (χ0) is 29.4. The van der Waals surface area contributed by atoms with Crippen molar-refractivity contribution in [3.05, 3.63) is 61.0 Å². The Labute approximate surface area is 235 Å². The molecule has 10 nitrogen and oxygen atoms in total. The van der Waals surface area contributed by atoms with E-state index in [9.17, 15) is 19.2 Å². The minimum absolute atomic E-state index is 0.0906. The van der Waals surface area contributed by atoms with Crippen molar-refractivity contribution in [3.8, 4) is 0 Å². The first kappa shape index (κ1) is 30.5. The van der Waals surface area contributed by atoms with Gasteiger partial charge in [0.05, 0.1) is 5.69 Å². The van der Waals surface area contributed by atoms with Crippen molar-refractivity contribution in [2.24, 2.45) is 5.92 Å². The summed E-state index contributed by atoms with van der Waals surface area (Å²) >= 11 is 0. The van der Waals surface area contributed by atoms with Gasteiger partial charge >= 0.3 is 5.97 Å². The van der Waals surface area contributed by atoms with Gasteiger partial charge in [-0.3, -0.25) is 29.2 Å². The number of carbonyl (C=O) groups excluding carboxylic acids is 4. The number of hydrazine groups is 1. The van der Waals surface area contributed by atoms with Crippen molar-refractivity contribution < 1.29 is 23.9 Å². The van der Waals surface area contributed by atoms with Gasteiger partial charge in [0, 0.05) is 24.5 Å². The van der Waals surface area contributed by atoms with Crippen molar-refractivity contribution in [3.63, 3.8) is 0 Å². The Morgan fingerprint density at radius 2 is 1.88 bits per heavy atom. The topological polar surface area (TPSA) is 130 Å². The predicted octanol–water partition coefficient (Wildman–Crippen LogP) is 3.20. The molecule has 0 bridgehead atoms. The highest BCUT2D eigenvalue weighted by molar-refractivity contribution is 5.92. The minimum atomic E-state index is -0.876. The normalized spacial score (nSPS) is 17.4. The molecular weight excluding hydrogens is 510 g/mol. The van der Waals surface area contributed by atoms with Gasteiger partial charge in [0.2, 0.25) is 11.8 Å². The molecule has 0 aliphatic carbocycles. The fraction of sp³-hybridized carbons (Fsp3) is 0.433. The number of fused-ring (bicyclic) bond motifs is 1. The lowest BCUT2D eigenvalue weighted by atomic mass is 10.0. The van der Waals surface area contributed by atoms with Gasteiger partial charge in [0.15, 0.2) is 0 Å². The van der Waals surface area contributed by atoms with E-state index in [2.05, 4.69) is 34.2 Å². The Hall–Kier alpha value is -4.05. The molecule has 4 atom stereocenters. The maximum atomic E-state index is 13.1. The molecule has 1 aromatic heterocycles. The number of amides is 3. The van der Waals surface area contributed by atoms with Gasteiger partial charge in [-0.15, -0.1) is 6.58 Å². The number of nitrogens with zero attached hydrogens (tertiary/aromatic N) is 2. The summed E-state index contributed by atoms with van der Waals surface area (Å²) in [5.41, 5.74) is 4.56. The Balaban J connectivity index is 1.59. The molecule has 0 saturated carbocycles. The maximum Gasteiger partial charge on any atom is 0.325 e. The van der Waals surface area contributed by atoms with Crippen LogP contribution >= 0.6 is 0 Å². The highest BCUT2D eigenvalue weighted by atomic mass is 16.5. The molecule has 3 N–H and O–H groups in total. The van der Waals surface area contributed by atoms with Crippen molar-refractivity contribution in [2.45, 2.75) is 71.2 Å². The van der Waals surface area contributed by atoms with Crippen LogP contribution in [-0.4, -0.2) is 58.4 Å². The molecule has 3 rings (SSSR count). The van der Waals surface area contributed by atoms with Crippen LogP contribution in [0.25, 0.3) is 16.8 Å². The van der Waals surface area contributed by atoms with Crippen LogP contribution in [0.1, 0.15) is 64.3 Å². The fourth-order valence-corrected chi connectivity index (χ4v) is 4.48. The number of rotatable bonds is 11. The number of hydrogen-bond donors (Lipinski definition) is 3. The minimum Gasteiger partial charge on any atom is -0.457 e. The summed E-state index contributed by atoms with van der Waals surface area (Å²) in [6.45, 7) is 14.7. The first-order valence-corrected chi connectivity index (χ1v) is 13.5. The highest BCUT2D eigenvalue weighted by Gasteiger charge is 2.33. The van der Waals surface area contributed by atoms with E-state index in [0.29, 0.717) is 19.4 Å².